The van der Waals surface area contributed by atoms with E-state index in [2.05, 4.69) is 42.6 Å². The van der Waals surface area contributed by atoms with Crippen molar-refractivity contribution in [2.45, 2.75) is 33.4 Å². The summed E-state index contributed by atoms with van der Waals surface area (Å²) in [6.07, 6.45) is 0.590. The van der Waals surface area contributed by atoms with E-state index in [1.165, 1.54) is 33.3 Å². The summed E-state index contributed by atoms with van der Waals surface area (Å²) < 4.78 is 2.19. The summed E-state index contributed by atoms with van der Waals surface area (Å²) in [6.45, 7) is 5.84. The average molecular weight is 286 g/mol. The van der Waals surface area contributed by atoms with E-state index in [1.807, 2.05) is 0 Å². The van der Waals surface area contributed by atoms with E-state index >= 15 is 0 Å². The number of rotatable bonds is 3. The molecule has 0 aliphatic carbocycles. The minimum Gasteiger partial charge on any atom is -0.481 e. The van der Waals surface area contributed by atoms with Crippen molar-refractivity contribution >= 4 is 16.9 Å². The second-order valence-electron chi connectivity index (χ2n) is 6.38. The molecule has 1 aliphatic rings. The number of nitrogens with zero attached hydrogens (tertiary/aromatic N) is 2. The normalized spacial score (nSPS) is 16.4. The topological polar surface area (TPSA) is 45.5 Å². The predicted octanol–water partition coefficient (Wildman–Crippen LogP) is 2.70. The lowest BCUT2D eigenvalue weighted by Crippen LogP contribution is -2.12. The molecule has 0 radical (unpaired) electrons. The van der Waals surface area contributed by atoms with Crippen LogP contribution in [0.4, 0.5) is 0 Å². The first kappa shape index (κ1) is 14.1. The highest BCUT2D eigenvalue weighted by molar-refractivity contribution is 5.88. The van der Waals surface area contributed by atoms with E-state index in [9.17, 15) is 9.90 Å². The molecule has 2 aromatic rings. The molecule has 1 unspecified atom stereocenters. The lowest BCUT2D eigenvalue weighted by Gasteiger charge is -2.07. The summed E-state index contributed by atoms with van der Waals surface area (Å²) >= 11 is 0. The third-order valence-corrected chi connectivity index (χ3v) is 4.76. The molecule has 0 saturated carbocycles. The summed E-state index contributed by atoms with van der Waals surface area (Å²) in [5, 5.41) is 10.4. The van der Waals surface area contributed by atoms with Crippen molar-refractivity contribution in [1.82, 2.24) is 9.47 Å². The van der Waals surface area contributed by atoms with Gasteiger partial charge in [-0.2, -0.15) is 0 Å². The van der Waals surface area contributed by atoms with Gasteiger partial charge in [-0.1, -0.05) is 6.92 Å². The molecule has 0 spiro atoms. The number of carboxylic acids is 1. The predicted molar refractivity (Wildman–Crippen MR) is 83.3 cm³/mol. The van der Waals surface area contributed by atoms with Crippen LogP contribution in [0.2, 0.25) is 0 Å². The molecular weight excluding hydrogens is 264 g/mol. The van der Waals surface area contributed by atoms with Crippen molar-refractivity contribution in [1.29, 1.82) is 0 Å². The monoisotopic (exact) mass is 286 g/mol. The molecular formula is C17H22N2O2. The fraction of sp³-hybridized carbons (Fsp3) is 0.471. The Morgan fingerprint density at radius 1 is 1.29 bits per heavy atom. The third-order valence-electron chi connectivity index (χ3n) is 4.76. The fourth-order valence-electron chi connectivity index (χ4n) is 3.36. The molecule has 1 aliphatic heterocycles. The molecule has 1 aromatic carbocycles. The molecule has 4 nitrogen and oxygen atoms in total. The van der Waals surface area contributed by atoms with Crippen LogP contribution in [0.25, 0.3) is 10.9 Å². The second-order valence-corrected chi connectivity index (χ2v) is 6.38. The van der Waals surface area contributed by atoms with Crippen LogP contribution in [0.3, 0.4) is 0 Å². The number of fused-ring (bicyclic) bond motifs is 2. The molecule has 21 heavy (non-hydrogen) atoms. The fourth-order valence-corrected chi connectivity index (χ4v) is 3.36. The zero-order chi connectivity index (χ0) is 15.3. The molecule has 0 saturated heterocycles. The molecule has 3 rings (SSSR count). The van der Waals surface area contributed by atoms with Crippen molar-refractivity contribution < 1.29 is 9.90 Å². The number of hydrogen-bond donors (Lipinski definition) is 1. The molecule has 2 heterocycles. The lowest BCUT2D eigenvalue weighted by atomic mass is 9.97. The summed E-state index contributed by atoms with van der Waals surface area (Å²) in [6, 6.07) is 4.54. The molecule has 4 heteroatoms. The standard InChI is InChI=1S/C17H22N2O2/c1-10(17(20)21)5-14-11(2)19(4)16-7-13-9-18(3)8-12(13)6-15(14)16/h6-7,10H,5,8-9H2,1-4H3,(H,20,21). The van der Waals surface area contributed by atoms with Crippen molar-refractivity contribution in [3.63, 3.8) is 0 Å². The van der Waals surface area contributed by atoms with Gasteiger partial charge < -0.3 is 9.67 Å². The minimum absolute atomic E-state index is 0.356. The Kier molecular flexibility index (Phi) is 3.29. The highest BCUT2D eigenvalue weighted by Crippen LogP contribution is 2.33. The van der Waals surface area contributed by atoms with Crippen molar-refractivity contribution in [2.24, 2.45) is 13.0 Å². The van der Waals surface area contributed by atoms with Gasteiger partial charge in [0.2, 0.25) is 0 Å². The van der Waals surface area contributed by atoms with E-state index in [0.29, 0.717) is 6.42 Å². The third kappa shape index (κ3) is 2.23. The van der Waals surface area contributed by atoms with Crippen LogP contribution in [-0.4, -0.2) is 27.6 Å². The van der Waals surface area contributed by atoms with Crippen molar-refractivity contribution in [3.8, 4) is 0 Å². The van der Waals surface area contributed by atoms with E-state index in [-0.39, 0.29) is 5.92 Å². The largest absolute Gasteiger partial charge is 0.481 e. The maximum atomic E-state index is 11.2. The van der Waals surface area contributed by atoms with Crippen molar-refractivity contribution in [2.75, 3.05) is 7.05 Å². The Morgan fingerprint density at radius 2 is 1.90 bits per heavy atom. The smallest absolute Gasteiger partial charge is 0.306 e. The van der Waals surface area contributed by atoms with Gasteiger partial charge in [-0.15, -0.1) is 0 Å². The van der Waals surface area contributed by atoms with Gasteiger partial charge in [-0.25, -0.2) is 0 Å². The van der Waals surface area contributed by atoms with Crippen LogP contribution < -0.4 is 0 Å². The number of aryl methyl sites for hydroxylation is 1. The molecule has 1 aromatic heterocycles. The van der Waals surface area contributed by atoms with Gasteiger partial charge in [0.15, 0.2) is 0 Å². The van der Waals surface area contributed by atoms with Gasteiger partial charge in [0, 0.05) is 36.7 Å². The van der Waals surface area contributed by atoms with E-state index in [4.69, 9.17) is 0 Å². The van der Waals surface area contributed by atoms with Crippen LogP contribution >= 0.6 is 0 Å². The van der Waals surface area contributed by atoms with Crippen molar-refractivity contribution in [3.05, 3.63) is 34.5 Å². The quantitative estimate of drug-likeness (QED) is 0.943. The average Bonchev–Trinajstić information content (AvgIpc) is 2.89. The van der Waals surface area contributed by atoms with Crippen LogP contribution in [0.1, 0.15) is 29.3 Å². The maximum Gasteiger partial charge on any atom is 0.306 e. The first-order valence-corrected chi connectivity index (χ1v) is 7.39. The van der Waals surface area contributed by atoms with E-state index < -0.39 is 5.97 Å². The zero-order valence-electron chi connectivity index (χ0n) is 13.1. The van der Waals surface area contributed by atoms with E-state index in [0.717, 1.165) is 13.1 Å². The molecule has 0 amide bonds. The molecule has 1 N–H and O–H groups in total. The number of benzene rings is 1. The Labute approximate surface area is 125 Å². The summed E-state index contributed by atoms with van der Waals surface area (Å²) in [5.41, 5.74) is 6.34. The Bertz CT molecular complexity index is 730. The van der Waals surface area contributed by atoms with Crippen LogP contribution in [-0.2, 0) is 31.4 Å². The van der Waals surface area contributed by atoms with Gasteiger partial charge in [0.25, 0.3) is 0 Å². The lowest BCUT2D eigenvalue weighted by molar-refractivity contribution is -0.141. The minimum atomic E-state index is -0.729. The van der Waals surface area contributed by atoms with Gasteiger partial charge in [-0.05, 0) is 49.2 Å². The molecule has 1 atom stereocenters. The first-order valence-electron chi connectivity index (χ1n) is 7.39. The number of aliphatic carboxylic acids is 1. The van der Waals surface area contributed by atoms with Gasteiger partial charge in [-0.3, -0.25) is 9.69 Å². The number of aromatic nitrogens is 1. The second kappa shape index (κ2) is 4.88. The van der Waals surface area contributed by atoms with E-state index in [1.54, 1.807) is 6.92 Å². The van der Waals surface area contributed by atoms with Gasteiger partial charge >= 0.3 is 5.97 Å². The maximum absolute atomic E-state index is 11.2. The highest BCUT2D eigenvalue weighted by Gasteiger charge is 2.22. The van der Waals surface area contributed by atoms with Gasteiger partial charge in [0.05, 0.1) is 5.92 Å². The van der Waals surface area contributed by atoms with Crippen LogP contribution in [0, 0.1) is 12.8 Å². The van der Waals surface area contributed by atoms with Crippen LogP contribution in [0.15, 0.2) is 12.1 Å². The highest BCUT2D eigenvalue weighted by atomic mass is 16.4. The number of carboxylic acid groups (broad SMARTS) is 1. The zero-order valence-corrected chi connectivity index (χ0v) is 13.1. The summed E-state index contributed by atoms with van der Waals surface area (Å²) in [5.74, 6) is -1.09. The summed E-state index contributed by atoms with van der Waals surface area (Å²) in [4.78, 5) is 13.5. The SMILES string of the molecule is Cc1c(CC(C)C(=O)O)c2cc3c(cc2n1C)CN(C)C3. The summed E-state index contributed by atoms with van der Waals surface area (Å²) in [7, 11) is 4.20. The Morgan fingerprint density at radius 3 is 2.52 bits per heavy atom. The number of hydrogen-bond acceptors (Lipinski definition) is 2. The number of carbonyl (C=O) groups is 1. The molecule has 0 fully saturated rings. The molecule has 112 valence electrons. The molecule has 0 bridgehead atoms. The van der Waals surface area contributed by atoms with Gasteiger partial charge in [0.1, 0.15) is 0 Å². The Balaban J connectivity index is 2.14. The Hall–Kier alpha value is -1.81. The first-order chi connectivity index (χ1) is 9.88. The van der Waals surface area contributed by atoms with Crippen LogP contribution in [0.5, 0.6) is 0 Å².